The third-order valence-corrected chi connectivity index (χ3v) is 5.89. The second-order valence-corrected chi connectivity index (χ2v) is 8.19. The predicted molar refractivity (Wildman–Crippen MR) is 97.5 cm³/mol. The number of sulfonamides is 1. The predicted octanol–water partition coefficient (Wildman–Crippen LogP) is 3.12. The van der Waals surface area contributed by atoms with E-state index in [-0.39, 0.29) is 5.75 Å². The van der Waals surface area contributed by atoms with Gasteiger partial charge >= 0.3 is 0 Å². The third kappa shape index (κ3) is 5.39. The van der Waals surface area contributed by atoms with Crippen LogP contribution in [-0.2, 0) is 10.0 Å². The Morgan fingerprint density at radius 3 is 2.65 bits per heavy atom. The van der Waals surface area contributed by atoms with Crippen molar-refractivity contribution in [1.29, 1.82) is 0 Å². The van der Waals surface area contributed by atoms with Crippen molar-refractivity contribution in [3.63, 3.8) is 0 Å². The van der Waals surface area contributed by atoms with Gasteiger partial charge in [0, 0.05) is 24.3 Å². The maximum Gasteiger partial charge on any atom is 0.232 e. The Bertz CT molecular complexity index is 604. The largest absolute Gasteiger partial charge is 0.382 e. The van der Waals surface area contributed by atoms with Crippen molar-refractivity contribution < 1.29 is 8.42 Å². The number of hydrogen-bond donors (Lipinski definition) is 2. The minimum absolute atomic E-state index is 0.150. The number of nitrogens with one attached hydrogen (secondary N) is 2. The summed E-state index contributed by atoms with van der Waals surface area (Å²) in [5.41, 5.74) is 1.60. The lowest BCUT2D eigenvalue weighted by molar-refractivity contribution is 0.161. The Balaban J connectivity index is 1.98. The summed E-state index contributed by atoms with van der Waals surface area (Å²) in [6.45, 7) is 8.55. The van der Waals surface area contributed by atoms with E-state index in [1.165, 1.54) is 0 Å². The molecular formula is C17H29N3O2S. The molecule has 2 unspecified atom stereocenters. The Morgan fingerprint density at radius 1 is 1.26 bits per heavy atom. The molecule has 1 heterocycles. The second kappa shape index (κ2) is 8.02. The van der Waals surface area contributed by atoms with Crippen LogP contribution in [0.5, 0.6) is 0 Å². The van der Waals surface area contributed by atoms with Gasteiger partial charge in [0.1, 0.15) is 0 Å². The molecule has 130 valence electrons. The van der Waals surface area contributed by atoms with Crippen molar-refractivity contribution in [2.75, 3.05) is 28.9 Å². The van der Waals surface area contributed by atoms with E-state index in [9.17, 15) is 8.42 Å². The average molecular weight is 340 g/mol. The summed E-state index contributed by atoms with van der Waals surface area (Å²) in [5, 5.41) is 3.55. The quantitative estimate of drug-likeness (QED) is 0.801. The first-order chi connectivity index (χ1) is 10.9. The van der Waals surface area contributed by atoms with Gasteiger partial charge in [-0.2, -0.15) is 0 Å². The summed E-state index contributed by atoms with van der Waals surface area (Å²) in [4.78, 5) is 2.49. The molecule has 0 spiro atoms. The second-order valence-electron chi connectivity index (χ2n) is 6.34. The van der Waals surface area contributed by atoms with Gasteiger partial charge in [-0.25, -0.2) is 8.42 Å². The molecule has 23 heavy (non-hydrogen) atoms. The SMILES string of the molecule is CCCS(=O)(=O)Nc1cccc(NC2CCN(CC)C(C)C2)c1. The fraction of sp³-hybridized carbons (Fsp3) is 0.647. The molecular weight excluding hydrogens is 310 g/mol. The number of piperidine rings is 1. The van der Waals surface area contributed by atoms with E-state index in [1.807, 2.05) is 25.1 Å². The van der Waals surface area contributed by atoms with E-state index >= 15 is 0 Å². The molecule has 1 aliphatic heterocycles. The molecule has 0 aromatic heterocycles. The fourth-order valence-electron chi connectivity index (χ4n) is 3.23. The van der Waals surface area contributed by atoms with E-state index in [2.05, 4.69) is 28.8 Å². The summed E-state index contributed by atoms with van der Waals surface area (Å²) >= 11 is 0. The molecule has 1 aromatic rings. The van der Waals surface area contributed by atoms with Gasteiger partial charge in [0.25, 0.3) is 0 Å². The highest BCUT2D eigenvalue weighted by atomic mass is 32.2. The third-order valence-electron chi connectivity index (χ3n) is 4.40. The van der Waals surface area contributed by atoms with E-state index in [0.29, 0.717) is 24.2 Å². The molecule has 0 bridgehead atoms. The number of anilines is 2. The first-order valence-electron chi connectivity index (χ1n) is 8.54. The number of likely N-dealkylation sites (tertiary alicyclic amines) is 1. The Labute approximate surface area is 140 Å². The topological polar surface area (TPSA) is 61.4 Å². The maximum absolute atomic E-state index is 11.9. The van der Waals surface area contributed by atoms with Gasteiger partial charge < -0.3 is 10.2 Å². The van der Waals surface area contributed by atoms with Gasteiger partial charge in [0.2, 0.25) is 10.0 Å². The van der Waals surface area contributed by atoms with Gasteiger partial charge in [-0.3, -0.25) is 4.72 Å². The van der Waals surface area contributed by atoms with Gasteiger partial charge in [0.05, 0.1) is 11.4 Å². The molecule has 2 N–H and O–H groups in total. The van der Waals surface area contributed by atoms with E-state index in [1.54, 1.807) is 6.07 Å². The van der Waals surface area contributed by atoms with Crippen LogP contribution in [0.4, 0.5) is 11.4 Å². The van der Waals surface area contributed by atoms with Gasteiger partial charge in [-0.15, -0.1) is 0 Å². The van der Waals surface area contributed by atoms with Crippen LogP contribution in [0.25, 0.3) is 0 Å². The fourth-order valence-corrected chi connectivity index (χ4v) is 4.35. The van der Waals surface area contributed by atoms with E-state index in [0.717, 1.165) is 31.6 Å². The van der Waals surface area contributed by atoms with Gasteiger partial charge in [0.15, 0.2) is 0 Å². The lowest BCUT2D eigenvalue weighted by atomic mass is 9.98. The Morgan fingerprint density at radius 2 is 2.00 bits per heavy atom. The van der Waals surface area contributed by atoms with Crippen molar-refractivity contribution in [2.45, 2.75) is 52.1 Å². The summed E-state index contributed by atoms with van der Waals surface area (Å²) in [7, 11) is -3.24. The molecule has 0 aliphatic carbocycles. The van der Waals surface area contributed by atoms with Crippen LogP contribution < -0.4 is 10.0 Å². The van der Waals surface area contributed by atoms with Crippen LogP contribution in [0.3, 0.4) is 0 Å². The van der Waals surface area contributed by atoms with Crippen LogP contribution in [0, 0.1) is 0 Å². The normalized spacial score (nSPS) is 22.7. The maximum atomic E-state index is 11.9. The molecule has 1 saturated heterocycles. The average Bonchev–Trinajstić information content (AvgIpc) is 2.47. The van der Waals surface area contributed by atoms with E-state index < -0.39 is 10.0 Å². The molecule has 6 heteroatoms. The molecule has 1 aliphatic rings. The zero-order valence-electron chi connectivity index (χ0n) is 14.4. The smallest absolute Gasteiger partial charge is 0.232 e. The summed E-state index contributed by atoms with van der Waals surface area (Å²) in [6, 6.07) is 8.57. The minimum Gasteiger partial charge on any atom is -0.382 e. The molecule has 2 atom stereocenters. The van der Waals surface area contributed by atoms with Crippen LogP contribution in [0.15, 0.2) is 24.3 Å². The molecule has 0 radical (unpaired) electrons. The highest BCUT2D eigenvalue weighted by Crippen LogP contribution is 2.23. The van der Waals surface area contributed by atoms with Crippen LogP contribution in [-0.4, -0.2) is 44.2 Å². The van der Waals surface area contributed by atoms with Crippen molar-refractivity contribution in [3.05, 3.63) is 24.3 Å². The first-order valence-corrected chi connectivity index (χ1v) is 10.2. The van der Waals surface area contributed by atoms with Crippen molar-refractivity contribution >= 4 is 21.4 Å². The molecule has 1 fully saturated rings. The van der Waals surface area contributed by atoms with Crippen molar-refractivity contribution in [1.82, 2.24) is 4.90 Å². The summed E-state index contributed by atoms with van der Waals surface area (Å²) < 4.78 is 26.4. The van der Waals surface area contributed by atoms with Crippen LogP contribution in [0.2, 0.25) is 0 Å². The highest BCUT2D eigenvalue weighted by molar-refractivity contribution is 7.92. The lowest BCUT2D eigenvalue weighted by Gasteiger charge is -2.37. The number of benzene rings is 1. The standard InChI is InChI=1S/C17H29N3O2S/c1-4-11-23(21,22)19-17-8-6-7-15(13-17)18-16-9-10-20(5-2)14(3)12-16/h6-8,13-14,16,18-19H,4-5,9-12H2,1-3H3. The molecule has 5 nitrogen and oxygen atoms in total. The van der Waals surface area contributed by atoms with E-state index in [4.69, 9.17) is 0 Å². The molecule has 1 aromatic carbocycles. The summed E-state index contributed by atoms with van der Waals surface area (Å²) in [6.07, 6.45) is 2.84. The zero-order valence-corrected chi connectivity index (χ0v) is 15.2. The molecule has 0 amide bonds. The van der Waals surface area contributed by atoms with Gasteiger partial charge in [-0.05, 0) is 50.9 Å². The van der Waals surface area contributed by atoms with Crippen molar-refractivity contribution in [2.24, 2.45) is 0 Å². The Kier molecular flexibility index (Phi) is 6.30. The van der Waals surface area contributed by atoms with Crippen molar-refractivity contribution in [3.8, 4) is 0 Å². The molecule has 2 rings (SSSR count). The summed E-state index contributed by atoms with van der Waals surface area (Å²) in [5.74, 6) is 0.150. The van der Waals surface area contributed by atoms with Gasteiger partial charge in [-0.1, -0.05) is 19.9 Å². The van der Waals surface area contributed by atoms with Crippen LogP contribution >= 0.6 is 0 Å². The highest BCUT2D eigenvalue weighted by Gasteiger charge is 2.24. The first kappa shape index (κ1) is 18.1. The Hall–Kier alpha value is -1.27. The molecule has 0 saturated carbocycles. The zero-order chi connectivity index (χ0) is 16.9. The number of rotatable bonds is 7. The minimum atomic E-state index is -3.24. The lowest BCUT2D eigenvalue weighted by Crippen LogP contribution is -2.44. The number of nitrogens with zero attached hydrogens (tertiary/aromatic N) is 1. The van der Waals surface area contributed by atoms with Crippen LogP contribution in [0.1, 0.15) is 40.0 Å². The number of hydrogen-bond acceptors (Lipinski definition) is 4. The monoisotopic (exact) mass is 339 g/mol.